The van der Waals surface area contributed by atoms with Crippen LogP contribution in [0.15, 0.2) is 33.5 Å². The van der Waals surface area contributed by atoms with Crippen LogP contribution >= 0.6 is 11.8 Å². The molecule has 0 unspecified atom stereocenters. The van der Waals surface area contributed by atoms with Crippen LogP contribution in [0.3, 0.4) is 0 Å². The van der Waals surface area contributed by atoms with Crippen molar-refractivity contribution in [1.82, 2.24) is 10.6 Å². The topological polar surface area (TPSA) is 48.8 Å². The number of nitrogens with one attached hydrogen (secondary N) is 2. The number of aliphatic imine (C=N–C) groups is 2. The quantitative estimate of drug-likeness (QED) is 0.613. The molecule has 0 aliphatic heterocycles. The molecule has 0 fully saturated rings. The van der Waals surface area contributed by atoms with Crippen molar-refractivity contribution in [1.29, 1.82) is 0 Å². The lowest BCUT2D eigenvalue weighted by Gasteiger charge is -2.20. The van der Waals surface area contributed by atoms with E-state index in [1.54, 1.807) is 18.8 Å². The number of allylic oxidation sites excluding steroid dienone is 2. The van der Waals surface area contributed by atoms with E-state index in [4.69, 9.17) is 4.99 Å². The monoisotopic (exact) mass is 310 g/mol. The summed E-state index contributed by atoms with van der Waals surface area (Å²) in [6.45, 7) is 17.2. The van der Waals surface area contributed by atoms with E-state index in [1.165, 1.54) is 0 Å². The van der Waals surface area contributed by atoms with Gasteiger partial charge >= 0.3 is 0 Å². The van der Waals surface area contributed by atoms with E-state index >= 15 is 0 Å². The zero-order valence-electron chi connectivity index (χ0n) is 14.7. The second-order valence-electron chi connectivity index (χ2n) is 6.36. The Morgan fingerprint density at radius 1 is 1.14 bits per heavy atom. The molecule has 0 aromatic rings. The first kappa shape index (κ1) is 19.8. The minimum Gasteiger partial charge on any atom is -0.343 e. The number of hydrogen-bond donors (Lipinski definition) is 2. The van der Waals surface area contributed by atoms with Crippen LogP contribution in [0.5, 0.6) is 0 Å². The first-order valence-electron chi connectivity index (χ1n) is 7.03. The average Bonchev–Trinajstić information content (AvgIpc) is 2.34. The second-order valence-corrected chi connectivity index (χ2v) is 7.16. The Morgan fingerprint density at radius 2 is 1.71 bits per heavy atom. The van der Waals surface area contributed by atoms with Crippen LogP contribution in [0.4, 0.5) is 0 Å². The molecule has 0 bridgehead atoms. The Morgan fingerprint density at radius 3 is 2.05 bits per heavy atom. The van der Waals surface area contributed by atoms with Gasteiger partial charge in [0, 0.05) is 19.3 Å². The summed E-state index contributed by atoms with van der Waals surface area (Å²) in [6, 6.07) is 0. The molecule has 0 aliphatic carbocycles. The van der Waals surface area contributed by atoms with Crippen LogP contribution in [0.2, 0.25) is 0 Å². The van der Waals surface area contributed by atoms with Gasteiger partial charge in [0.15, 0.2) is 5.17 Å². The lowest BCUT2D eigenvalue weighted by molar-refractivity contribution is 0.429. The number of amidine groups is 2. The van der Waals surface area contributed by atoms with Crippen molar-refractivity contribution < 1.29 is 0 Å². The standard InChI is InChI=1S/C16H30N4S/c1-11(2)13(20-15(17-8)21-9)14(19-12(3)4)18-10-16(5,6)7/h3,10H2,1-2,4-9H3,(H,17,20)(H,18,19). The summed E-state index contributed by atoms with van der Waals surface area (Å²) in [4.78, 5) is 8.97. The van der Waals surface area contributed by atoms with Crippen LogP contribution in [0.1, 0.15) is 41.5 Å². The van der Waals surface area contributed by atoms with Gasteiger partial charge in [-0.25, -0.2) is 0 Å². The van der Waals surface area contributed by atoms with Crippen molar-refractivity contribution in [3.05, 3.63) is 23.5 Å². The highest BCUT2D eigenvalue weighted by Crippen LogP contribution is 2.14. The van der Waals surface area contributed by atoms with Gasteiger partial charge in [0.05, 0.1) is 5.70 Å². The Kier molecular flexibility index (Phi) is 8.40. The third kappa shape index (κ3) is 8.60. The molecule has 21 heavy (non-hydrogen) atoms. The van der Waals surface area contributed by atoms with Crippen LogP contribution in [0, 0.1) is 5.41 Å². The number of nitrogens with zero attached hydrogens (tertiary/aromatic N) is 2. The minimum absolute atomic E-state index is 0.135. The Hall–Kier alpha value is -1.23. The molecule has 2 N–H and O–H groups in total. The maximum absolute atomic E-state index is 4.74. The van der Waals surface area contributed by atoms with Crippen LogP contribution in [0.25, 0.3) is 0 Å². The highest BCUT2D eigenvalue weighted by molar-refractivity contribution is 8.13. The Labute approximate surface area is 134 Å². The van der Waals surface area contributed by atoms with Crippen LogP contribution in [-0.4, -0.2) is 30.9 Å². The van der Waals surface area contributed by atoms with E-state index in [2.05, 4.69) is 56.8 Å². The van der Waals surface area contributed by atoms with E-state index in [0.717, 1.165) is 34.5 Å². The largest absolute Gasteiger partial charge is 0.343 e. The van der Waals surface area contributed by atoms with Crippen molar-refractivity contribution in [3.8, 4) is 0 Å². The number of hydrogen-bond acceptors (Lipinski definition) is 3. The fourth-order valence-corrected chi connectivity index (χ4v) is 1.81. The summed E-state index contributed by atoms with van der Waals surface area (Å²) >= 11 is 1.58. The molecule has 0 saturated heterocycles. The van der Waals surface area contributed by atoms with Gasteiger partial charge < -0.3 is 10.6 Å². The minimum atomic E-state index is 0.135. The maximum Gasteiger partial charge on any atom is 0.160 e. The molecule has 0 atom stereocenters. The molecule has 4 nitrogen and oxygen atoms in total. The fourth-order valence-electron chi connectivity index (χ4n) is 1.43. The zero-order valence-corrected chi connectivity index (χ0v) is 15.5. The number of rotatable bonds is 4. The molecular formula is C16H30N4S. The lowest BCUT2D eigenvalue weighted by atomic mass is 9.97. The van der Waals surface area contributed by atoms with E-state index in [9.17, 15) is 0 Å². The van der Waals surface area contributed by atoms with Gasteiger partial charge in [-0.2, -0.15) is 0 Å². The molecule has 120 valence electrons. The average molecular weight is 311 g/mol. The molecule has 0 aromatic carbocycles. The van der Waals surface area contributed by atoms with Crippen LogP contribution in [-0.2, 0) is 0 Å². The smallest absolute Gasteiger partial charge is 0.160 e. The molecule has 5 heteroatoms. The predicted molar refractivity (Wildman–Crippen MR) is 98.1 cm³/mol. The van der Waals surface area contributed by atoms with Gasteiger partial charge in [0.2, 0.25) is 0 Å². The molecule has 0 aromatic heterocycles. The summed E-state index contributed by atoms with van der Waals surface area (Å²) in [7, 11) is 1.78. The second kappa shape index (κ2) is 8.93. The van der Waals surface area contributed by atoms with Gasteiger partial charge in [0.25, 0.3) is 0 Å². The number of thioether (sulfide) groups is 1. The van der Waals surface area contributed by atoms with Crippen molar-refractivity contribution in [2.45, 2.75) is 41.5 Å². The SMILES string of the molecule is C=C(C)NC(=NCC(C)(C)C)C(NC(=NC)SC)=C(C)C. The maximum atomic E-state index is 4.74. The van der Waals surface area contributed by atoms with E-state index in [0.29, 0.717) is 0 Å². The van der Waals surface area contributed by atoms with Crippen molar-refractivity contribution >= 4 is 22.8 Å². The summed E-state index contributed by atoms with van der Waals surface area (Å²) < 4.78 is 0. The van der Waals surface area contributed by atoms with E-state index in [1.807, 2.05) is 13.2 Å². The summed E-state index contributed by atoms with van der Waals surface area (Å²) in [5.74, 6) is 0.813. The van der Waals surface area contributed by atoms with Crippen molar-refractivity contribution in [3.63, 3.8) is 0 Å². The molecule has 0 rings (SSSR count). The molecular weight excluding hydrogens is 280 g/mol. The Bertz CT molecular complexity index is 449. The van der Waals surface area contributed by atoms with Gasteiger partial charge in [-0.3, -0.25) is 9.98 Å². The van der Waals surface area contributed by atoms with E-state index in [-0.39, 0.29) is 5.41 Å². The fraction of sp³-hybridized carbons (Fsp3) is 0.625. The zero-order chi connectivity index (χ0) is 16.6. The third-order valence-corrected chi connectivity index (χ3v) is 3.08. The Balaban J connectivity index is 5.52. The summed E-state index contributed by atoms with van der Waals surface area (Å²) in [5, 5.41) is 7.47. The first-order chi connectivity index (χ1) is 9.60. The van der Waals surface area contributed by atoms with Gasteiger partial charge in [-0.15, -0.1) is 0 Å². The predicted octanol–water partition coefficient (Wildman–Crippen LogP) is 3.79. The highest BCUT2D eigenvalue weighted by atomic mass is 32.2. The van der Waals surface area contributed by atoms with Crippen molar-refractivity contribution in [2.24, 2.45) is 15.4 Å². The van der Waals surface area contributed by atoms with Gasteiger partial charge in [-0.1, -0.05) is 39.1 Å². The molecule has 0 spiro atoms. The van der Waals surface area contributed by atoms with Gasteiger partial charge in [0.1, 0.15) is 5.84 Å². The lowest BCUT2D eigenvalue weighted by Crippen LogP contribution is -2.34. The van der Waals surface area contributed by atoms with Crippen LogP contribution < -0.4 is 10.6 Å². The highest BCUT2D eigenvalue weighted by Gasteiger charge is 2.14. The normalized spacial score (nSPS) is 13.0. The summed E-state index contributed by atoms with van der Waals surface area (Å²) in [5.41, 5.74) is 3.10. The molecule has 0 aliphatic rings. The third-order valence-electron chi connectivity index (χ3n) is 2.41. The summed E-state index contributed by atoms with van der Waals surface area (Å²) in [6.07, 6.45) is 2.00. The first-order valence-corrected chi connectivity index (χ1v) is 8.25. The molecule has 0 radical (unpaired) electrons. The molecule has 0 amide bonds. The molecule has 0 heterocycles. The van der Waals surface area contributed by atoms with Crippen molar-refractivity contribution in [2.75, 3.05) is 19.8 Å². The van der Waals surface area contributed by atoms with Gasteiger partial charge in [-0.05, 0) is 38.0 Å². The molecule has 0 saturated carbocycles. The van der Waals surface area contributed by atoms with E-state index < -0.39 is 0 Å².